The predicted molar refractivity (Wildman–Crippen MR) is 56.1 cm³/mol. The molecule has 3 heteroatoms. The summed E-state index contributed by atoms with van der Waals surface area (Å²) in [6.45, 7) is 4.02. The highest BCUT2D eigenvalue weighted by Crippen LogP contribution is 2.24. The van der Waals surface area contributed by atoms with Crippen molar-refractivity contribution in [3.05, 3.63) is 41.1 Å². The molecular formula is C12H10N2O. The quantitative estimate of drug-likeness (QED) is 0.707. The summed E-state index contributed by atoms with van der Waals surface area (Å²) in [5.41, 5.74) is 3.57. The zero-order valence-electron chi connectivity index (χ0n) is 8.61. The van der Waals surface area contributed by atoms with Crippen LogP contribution in [0.25, 0.3) is 11.3 Å². The molecule has 0 unspecified atom stereocenters. The summed E-state index contributed by atoms with van der Waals surface area (Å²) >= 11 is 0. The van der Waals surface area contributed by atoms with Crippen molar-refractivity contribution < 1.29 is 4.52 Å². The second-order valence-electron chi connectivity index (χ2n) is 3.51. The largest absolute Gasteiger partial charge is 0.355 e. The Morgan fingerprint density at radius 2 is 2.07 bits per heavy atom. The molecule has 1 aromatic carbocycles. The summed E-state index contributed by atoms with van der Waals surface area (Å²) in [6, 6.07) is 9.69. The Balaban J connectivity index is 2.54. The van der Waals surface area contributed by atoms with Gasteiger partial charge in [-0.15, -0.1) is 0 Å². The van der Waals surface area contributed by atoms with Gasteiger partial charge in [0, 0.05) is 11.6 Å². The summed E-state index contributed by atoms with van der Waals surface area (Å²) in [4.78, 5) is 0. The van der Waals surface area contributed by atoms with Crippen LogP contribution in [0.4, 0.5) is 0 Å². The van der Waals surface area contributed by atoms with E-state index in [0.717, 1.165) is 16.7 Å². The Hall–Kier alpha value is -2.08. The highest BCUT2D eigenvalue weighted by molar-refractivity contribution is 5.63. The van der Waals surface area contributed by atoms with Gasteiger partial charge in [0.15, 0.2) is 11.5 Å². The molecule has 15 heavy (non-hydrogen) atoms. The minimum Gasteiger partial charge on any atom is -0.355 e. The molecule has 1 heterocycles. The Bertz CT molecular complexity index is 535. The minimum atomic E-state index is 0.311. The lowest BCUT2D eigenvalue weighted by atomic mass is 10.0. The number of benzene rings is 1. The van der Waals surface area contributed by atoms with E-state index in [9.17, 15) is 0 Å². The lowest BCUT2D eigenvalue weighted by Crippen LogP contribution is -1.82. The van der Waals surface area contributed by atoms with Crippen LogP contribution in [0.3, 0.4) is 0 Å². The van der Waals surface area contributed by atoms with Gasteiger partial charge in [0.25, 0.3) is 0 Å². The molecule has 0 spiro atoms. The highest BCUT2D eigenvalue weighted by Gasteiger charge is 2.08. The van der Waals surface area contributed by atoms with Gasteiger partial charge in [-0.2, -0.15) is 5.26 Å². The Labute approximate surface area is 87.9 Å². The molecule has 1 aromatic heterocycles. The molecule has 0 aliphatic rings. The van der Waals surface area contributed by atoms with Gasteiger partial charge >= 0.3 is 0 Å². The Kier molecular flexibility index (Phi) is 2.26. The molecule has 0 bridgehead atoms. The van der Waals surface area contributed by atoms with E-state index in [2.05, 4.69) is 5.16 Å². The predicted octanol–water partition coefficient (Wildman–Crippen LogP) is 2.83. The van der Waals surface area contributed by atoms with Gasteiger partial charge in [-0.3, -0.25) is 0 Å². The maximum atomic E-state index is 8.65. The van der Waals surface area contributed by atoms with E-state index in [0.29, 0.717) is 11.5 Å². The van der Waals surface area contributed by atoms with Crippen LogP contribution < -0.4 is 0 Å². The van der Waals surface area contributed by atoms with Crippen LogP contribution in [0.5, 0.6) is 0 Å². The third kappa shape index (κ3) is 1.75. The van der Waals surface area contributed by atoms with Crippen molar-refractivity contribution in [2.45, 2.75) is 13.8 Å². The van der Waals surface area contributed by atoms with Crippen molar-refractivity contribution in [3.8, 4) is 17.4 Å². The number of aryl methyl sites for hydroxylation is 2. The average molecular weight is 198 g/mol. The fraction of sp³-hybridized carbons (Fsp3) is 0.167. The maximum Gasteiger partial charge on any atom is 0.184 e. The van der Waals surface area contributed by atoms with Crippen LogP contribution >= 0.6 is 0 Å². The second kappa shape index (κ2) is 3.58. The summed E-state index contributed by atoms with van der Waals surface area (Å²) in [6.07, 6.45) is 0. The number of nitriles is 1. The zero-order valence-corrected chi connectivity index (χ0v) is 8.61. The van der Waals surface area contributed by atoms with Gasteiger partial charge in [0.05, 0.1) is 0 Å². The first kappa shape index (κ1) is 9.47. The fourth-order valence-electron chi connectivity index (χ4n) is 1.46. The third-order valence-corrected chi connectivity index (χ3v) is 2.28. The monoisotopic (exact) mass is 198 g/mol. The van der Waals surface area contributed by atoms with E-state index < -0.39 is 0 Å². The minimum absolute atomic E-state index is 0.311. The number of hydrogen-bond donors (Lipinski definition) is 0. The van der Waals surface area contributed by atoms with E-state index >= 15 is 0 Å². The summed E-state index contributed by atoms with van der Waals surface area (Å²) in [7, 11) is 0. The first-order chi connectivity index (χ1) is 7.20. The van der Waals surface area contributed by atoms with E-state index in [1.165, 1.54) is 0 Å². The SMILES string of the molecule is Cc1ccc(C)c(-c2cc(C#N)no2)c1. The molecule has 0 fully saturated rings. The summed E-state index contributed by atoms with van der Waals surface area (Å²) < 4.78 is 5.10. The van der Waals surface area contributed by atoms with Crippen molar-refractivity contribution in [3.63, 3.8) is 0 Å². The van der Waals surface area contributed by atoms with Gasteiger partial charge in [0.1, 0.15) is 6.07 Å². The van der Waals surface area contributed by atoms with E-state index in [4.69, 9.17) is 9.78 Å². The van der Waals surface area contributed by atoms with E-state index in [1.54, 1.807) is 6.07 Å². The highest BCUT2D eigenvalue weighted by atomic mass is 16.5. The molecule has 0 N–H and O–H groups in total. The molecule has 0 amide bonds. The average Bonchev–Trinajstić information content (AvgIpc) is 2.70. The van der Waals surface area contributed by atoms with Gasteiger partial charge in [-0.1, -0.05) is 22.9 Å². The molecule has 0 radical (unpaired) electrons. The number of nitrogens with zero attached hydrogens (tertiary/aromatic N) is 2. The van der Waals surface area contributed by atoms with Crippen LogP contribution in [-0.4, -0.2) is 5.16 Å². The van der Waals surface area contributed by atoms with Crippen LogP contribution in [0.15, 0.2) is 28.8 Å². The molecule has 0 saturated heterocycles. The number of rotatable bonds is 1. The molecule has 0 aliphatic heterocycles. The standard InChI is InChI=1S/C12H10N2O/c1-8-3-4-9(2)11(5-8)12-6-10(7-13)14-15-12/h3-6H,1-2H3. The van der Waals surface area contributed by atoms with Gasteiger partial charge in [-0.25, -0.2) is 0 Å². The molecule has 0 aliphatic carbocycles. The van der Waals surface area contributed by atoms with Gasteiger partial charge in [-0.05, 0) is 25.5 Å². The molecule has 0 saturated carbocycles. The van der Waals surface area contributed by atoms with Crippen LogP contribution in [-0.2, 0) is 0 Å². The Morgan fingerprint density at radius 1 is 1.27 bits per heavy atom. The molecule has 2 rings (SSSR count). The maximum absolute atomic E-state index is 8.65. The summed E-state index contributed by atoms with van der Waals surface area (Å²) in [5, 5.41) is 12.3. The summed E-state index contributed by atoms with van der Waals surface area (Å²) in [5.74, 6) is 0.646. The first-order valence-electron chi connectivity index (χ1n) is 4.65. The smallest absolute Gasteiger partial charge is 0.184 e. The van der Waals surface area contributed by atoms with Crippen LogP contribution in [0.2, 0.25) is 0 Å². The lowest BCUT2D eigenvalue weighted by molar-refractivity contribution is 0.430. The van der Waals surface area contributed by atoms with Crippen molar-refractivity contribution in [1.82, 2.24) is 5.16 Å². The third-order valence-electron chi connectivity index (χ3n) is 2.28. The zero-order chi connectivity index (χ0) is 10.8. The molecule has 74 valence electrons. The normalized spacial score (nSPS) is 9.93. The topological polar surface area (TPSA) is 49.8 Å². The van der Waals surface area contributed by atoms with Crippen molar-refractivity contribution in [1.29, 1.82) is 5.26 Å². The molecular weight excluding hydrogens is 188 g/mol. The first-order valence-corrected chi connectivity index (χ1v) is 4.65. The van der Waals surface area contributed by atoms with Crippen molar-refractivity contribution >= 4 is 0 Å². The second-order valence-corrected chi connectivity index (χ2v) is 3.51. The van der Waals surface area contributed by atoms with E-state index in [1.807, 2.05) is 38.1 Å². The lowest BCUT2D eigenvalue weighted by Gasteiger charge is -2.02. The van der Waals surface area contributed by atoms with E-state index in [-0.39, 0.29) is 0 Å². The van der Waals surface area contributed by atoms with Crippen molar-refractivity contribution in [2.75, 3.05) is 0 Å². The number of hydrogen-bond acceptors (Lipinski definition) is 3. The van der Waals surface area contributed by atoms with Crippen LogP contribution in [0.1, 0.15) is 16.8 Å². The van der Waals surface area contributed by atoms with Crippen LogP contribution in [0, 0.1) is 25.2 Å². The van der Waals surface area contributed by atoms with Gasteiger partial charge in [0.2, 0.25) is 0 Å². The fourth-order valence-corrected chi connectivity index (χ4v) is 1.46. The van der Waals surface area contributed by atoms with Gasteiger partial charge < -0.3 is 4.52 Å². The Morgan fingerprint density at radius 3 is 2.73 bits per heavy atom. The molecule has 0 atom stereocenters. The molecule has 3 nitrogen and oxygen atoms in total. The number of aromatic nitrogens is 1. The van der Waals surface area contributed by atoms with Crippen molar-refractivity contribution in [2.24, 2.45) is 0 Å². The molecule has 2 aromatic rings.